The summed E-state index contributed by atoms with van der Waals surface area (Å²) < 4.78 is 4.99. The van der Waals surface area contributed by atoms with Crippen molar-refractivity contribution in [2.75, 3.05) is 6.61 Å². The number of ether oxygens (including phenoxy) is 1. The molecule has 0 bridgehead atoms. The third kappa shape index (κ3) is 4.79. The number of esters is 1. The molecule has 0 amide bonds. The van der Waals surface area contributed by atoms with E-state index in [9.17, 15) is 9.90 Å². The molecular weight excluding hydrogens is 204 g/mol. The fourth-order valence-corrected chi connectivity index (χ4v) is 1.36. The molecule has 0 aromatic carbocycles. The first-order valence-corrected chi connectivity index (χ1v) is 5.83. The van der Waals surface area contributed by atoms with Gasteiger partial charge in [0.1, 0.15) is 0 Å². The first-order chi connectivity index (χ1) is 7.35. The van der Waals surface area contributed by atoms with Gasteiger partial charge in [-0.3, -0.25) is 4.79 Å². The highest BCUT2D eigenvalue weighted by Gasteiger charge is 2.30. The van der Waals surface area contributed by atoms with E-state index in [1.807, 2.05) is 20.8 Å². The predicted molar refractivity (Wildman–Crippen MR) is 65.0 cm³/mol. The molecule has 0 heterocycles. The molecule has 0 fully saturated rings. The number of aliphatic hydroxyl groups is 1. The van der Waals surface area contributed by atoms with Gasteiger partial charge in [0.15, 0.2) is 0 Å². The summed E-state index contributed by atoms with van der Waals surface area (Å²) in [6.45, 7) is 11.4. The molecule has 3 heteroatoms. The SMILES string of the molecule is C=C[C@@H](C)C(O)CCC(C)(C)C(=O)OCC. The minimum atomic E-state index is -0.530. The highest BCUT2D eigenvalue weighted by atomic mass is 16.5. The van der Waals surface area contributed by atoms with Crippen LogP contribution in [0.3, 0.4) is 0 Å². The number of hydrogen-bond donors (Lipinski definition) is 1. The summed E-state index contributed by atoms with van der Waals surface area (Å²) in [7, 11) is 0. The van der Waals surface area contributed by atoms with Crippen LogP contribution in [0.25, 0.3) is 0 Å². The van der Waals surface area contributed by atoms with Gasteiger partial charge in [-0.05, 0) is 39.5 Å². The van der Waals surface area contributed by atoms with E-state index < -0.39 is 11.5 Å². The molecule has 0 aliphatic rings. The minimum absolute atomic E-state index is 0.0537. The van der Waals surface area contributed by atoms with E-state index in [-0.39, 0.29) is 11.9 Å². The molecule has 2 atom stereocenters. The zero-order chi connectivity index (χ0) is 12.8. The predicted octanol–water partition coefficient (Wildman–Crippen LogP) is 2.54. The average Bonchev–Trinajstić information content (AvgIpc) is 2.25. The van der Waals surface area contributed by atoms with E-state index in [2.05, 4.69) is 6.58 Å². The molecule has 0 radical (unpaired) electrons. The van der Waals surface area contributed by atoms with Gasteiger partial charge in [-0.1, -0.05) is 13.0 Å². The first kappa shape index (κ1) is 15.2. The van der Waals surface area contributed by atoms with Crippen LogP contribution < -0.4 is 0 Å². The Balaban J connectivity index is 4.17. The van der Waals surface area contributed by atoms with Crippen LogP contribution in [-0.4, -0.2) is 23.8 Å². The van der Waals surface area contributed by atoms with Crippen molar-refractivity contribution in [1.29, 1.82) is 0 Å². The number of rotatable bonds is 7. The van der Waals surface area contributed by atoms with Crippen molar-refractivity contribution in [2.24, 2.45) is 11.3 Å². The molecular formula is C13H24O3. The Hall–Kier alpha value is -0.830. The number of aliphatic hydroxyl groups excluding tert-OH is 1. The van der Waals surface area contributed by atoms with E-state index in [0.717, 1.165) is 0 Å². The summed E-state index contributed by atoms with van der Waals surface area (Å²) in [5.41, 5.74) is -0.530. The Morgan fingerprint density at radius 2 is 2.12 bits per heavy atom. The molecule has 0 rings (SSSR count). The van der Waals surface area contributed by atoms with E-state index in [1.54, 1.807) is 13.0 Å². The molecule has 0 saturated carbocycles. The zero-order valence-corrected chi connectivity index (χ0v) is 10.8. The highest BCUT2D eigenvalue weighted by molar-refractivity contribution is 5.75. The van der Waals surface area contributed by atoms with Crippen LogP contribution in [0, 0.1) is 11.3 Å². The lowest BCUT2D eigenvalue weighted by molar-refractivity contribution is -0.154. The number of carbonyl (C=O) groups is 1. The molecule has 0 aliphatic heterocycles. The maximum Gasteiger partial charge on any atom is 0.311 e. The molecule has 0 aromatic heterocycles. The topological polar surface area (TPSA) is 46.5 Å². The monoisotopic (exact) mass is 228 g/mol. The maximum absolute atomic E-state index is 11.6. The molecule has 0 spiro atoms. The Kier molecular flexibility index (Phi) is 6.34. The summed E-state index contributed by atoms with van der Waals surface area (Å²) in [5, 5.41) is 9.77. The Morgan fingerprint density at radius 1 is 1.56 bits per heavy atom. The summed E-state index contributed by atoms with van der Waals surface area (Å²) in [5.74, 6) is -0.147. The number of carbonyl (C=O) groups excluding carboxylic acids is 1. The largest absolute Gasteiger partial charge is 0.466 e. The minimum Gasteiger partial charge on any atom is -0.466 e. The smallest absolute Gasteiger partial charge is 0.311 e. The van der Waals surface area contributed by atoms with Gasteiger partial charge in [0.05, 0.1) is 18.1 Å². The zero-order valence-electron chi connectivity index (χ0n) is 10.8. The highest BCUT2D eigenvalue weighted by Crippen LogP contribution is 2.26. The second-order valence-electron chi connectivity index (χ2n) is 4.81. The molecule has 94 valence electrons. The molecule has 0 aromatic rings. The second-order valence-corrected chi connectivity index (χ2v) is 4.81. The van der Waals surface area contributed by atoms with Gasteiger partial charge >= 0.3 is 5.97 Å². The molecule has 0 aliphatic carbocycles. The van der Waals surface area contributed by atoms with Crippen molar-refractivity contribution in [1.82, 2.24) is 0 Å². The van der Waals surface area contributed by atoms with Crippen molar-refractivity contribution in [3.8, 4) is 0 Å². The first-order valence-electron chi connectivity index (χ1n) is 5.83. The quantitative estimate of drug-likeness (QED) is 0.538. The van der Waals surface area contributed by atoms with Gasteiger partial charge in [-0.15, -0.1) is 6.58 Å². The fourth-order valence-electron chi connectivity index (χ4n) is 1.36. The van der Waals surface area contributed by atoms with E-state index in [1.165, 1.54) is 0 Å². The molecule has 3 nitrogen and oxygen atoms in total. The van der Waals surface area contributed by atoms with Crippen LogP contribution >= 0.6 is 0 Å². The van der Waals surface area contributed by atoms with Gasteiger partial charge in [0.25, 0.3) is 0 Å². The van der Waals surface area contributed by atoms with Crippen LogP contribution in [0.1, 0.15) is 40.5 Å². The van der Waals surface area contributed by atoms with E-state index >= 15 is 0 Å². The van der Waals surface area contributed by atoms with Crippen LogP contribution in [0.2, 0.25) is 0 Å². The van der Waals surface area contributed by atoms with E-state index in [4.69, 9.17) is 4.74 Å². The van der Waals surface area contributed by atoms with Gasteiger partial charge in [-0.25, -0.2) is 0 Å². The van der Waals surface area contributed by atoms with Crippen molar-refractivity contribution >= 4 is 5.97 Å². The third-order valence-electron chi connectivity index (χ3n) is 2.87. The van der Waals surface area contributed by atoms with Crippen molar-refractivity contribution in [3.05, 3.63) is 12.7 Å². The van der Waals surface area contributed by atoms with Gasteiger partial charge < -0.3 is 9.84 Å². The summed E-state index contributed by atoms with van der Waals surface area (Å²) in [4.78, 5) is 11.6. The normalized spacial score (nSPS) is 15.3. The average molecular weight is 228 g/mol. The molecule has 1 unspecified atom stereocenters. The second kappa shape index (κ2) is 6.69. The van der Waals surface area contributed by atoms with Crippen molar-refractivity contribution in [2.45, 2.75) is 46.6 Å². The maximum atomic E-state index is 11.6. The van der Waals surface area contributed by atoms with Gasteiger partial charge in [0.2, 0.25) is 0 Å². The molecule has 16 heavy (non-hydrogen) atoms. The molecule has 0 saturated heterocycles. The Bertz CT molecular complexity index is 233. The summed E-state index contributed by atoms with van der Waals surface area (Å²) in [6, 6.07) is 0. The lowest BCUT2D eigenvalue weighted by Gasteiger charge is -2.24. The van der Waals surface area contributed by atoms with Crippen LogP contribution in [0.15, 0.2) is 12.7 Å². The van der Waals surface area contributed by atoms with Crippen LogP contribution in [0.5, 0.6) is 0 Å². The van der Waals surface area contributed by atoms with Gasteiger partial charge in [0, 0.05) is 0 Å². The van der Waals surface area contributed by atoms with Gasteiger partial charge in [-0.2, -0.15) is 0 Å². The Morgan fingerprint density at radius 3 is 2.56 bits per heavy atom. The van der Waals surface area contributed by atoms with Crippen molar-refractivity contribution < 1.29 is 14.6 Å². The Labute approximate surface area is 98.5 Å². The lowest BCUT2D eigenvalue weighted by Crippen LogP contribution is -2.29. The van der Waals surface area contributed by atoms with Crippen LogP contribution in [-0.2, 0) is 9.53 Å². The number of hydrogen-bond acceptors (Lipinski definition) is 3. The van der Waals surface area contributed by atoms with Crippen LogP contribution in [0.4, 0.5) is 0 Å². The summed E-state index contributed by atoms with van der Waals surface area (Å²) >= 11 is 0. The summed E-state index contributed by atoms with van der Waals surface area (Å²) in [6.07, 6.45) is 2.48. The third-order valence-corrected chi connectivity index (χ3v) is 2.87. The van der Waals surface area contributed by atoms with E-state index in [0.29, 0.717) is 19.4 Å². The fraction of sp³-hybridized carbons (Fsp3) is 0.769. The standard InChI is InChI=1S/C13H24O3/c1-6-10(3)11(14)8-9-13(4,5)12(15)16-7-2/h6,10-11,14H,1,7-9H2,2-5H3/t10-,11?/m1/s1. The van der Waals surface area contributed by atoms with Crippen molar-refractivity contribution in [3.63, 3.8) is 0 Å². The lowest BCUT2D eigenvalue weighted by atomic mass is 9.85. The molecule has 1 N–H and O–H groups in total.